The summed E-state index contributed by atoms with van der Waals surface area (Å²) in [6.45, 7) is 19.8. The molecule has 2 atom stereocenters. The molecule has 3 N–H and O–H groups in total. The average Bonchev–Trinajstić information content (AvgIpc) is 4.08. The van der Waals surface area contributed by atoms with E-state index in [-0.39, 0.29) is 63.9 Å². The summed E-state index contributed by atoms with van der Waals surface area (Å²) in [6.07, 6.45) is 6.42. The molecule has 6 heterocycles. The van der Waals surface area contributed by atoms with Crippen molar-refractivity contribution in [1.82, 2.24) is 59.7 Å². The smallest absolute Gasteiger partial charge is 0.255 e. The quantitative estimate of drug-likeness (QED) is 0.0482. The minimum absolute atomic E-state index is 0.209. The second-order valence-electron chi connectivity index (χ2n) is 20.4. The number of nitrogens with zero attached hydrogens (tertiary/aromatic N) is 9. The Morgan fingerprint density at radius 3 is 1.66 bits per heavy atom. The number of fused-ring (bicyclic) bond motifs is 4. The summed E-state index contributed by atoms with van der Waals surface area (Å²) in [6, 6.07) is 7.32. The zero-order valence-corrected chi connectivity index (χ0v) is 46.4. The first-order valence-corrected chi connectivity index (χ1v) is 31.8. The summed E-state index contributed by atoms with van der Waals surface area (Å²) in [4.78, 5) is 44.9. The molecule has 0 aliphatic rings. The van der Waals surface area contributed by atoms with Gasteiger partial charge in [0.2, 0.25) is 0 Å². The number of hydrogen-bond donors (Lipinski definition) is 3. The van der Waals surface area contributed by atoms with Crippen LogP contribution in [0.5, 0.6) is 0 Å². The van der Waals surface area contributed by atoms with E-state index in [0.717, 1.165) is 12.1 Å². The van der Waals surface area contributed by atoms with Gasteiger partial charge in [-0.3, -0.25) is 19.4 Å². The molecular formula is C49H62Cl2F2N12O6Si2. The largest absolute Gasteiger partial charge is 0.383 e. The topological polar surface area (TPSA) is 203 Å². The maximum atomic E-state index is 14.9. The number of amides is 2. The maximum Gasteiger partial charge on any atom is 0.255 e. The summed E-state index contributed by atoms with van der Waals surface area (Å²) in [5, 5.41) is 18.4. The number of rotatable bonds is 20. The molecule has 0 fully saturated rings. The summed E-state index contributed by atoms with van der Waals surface area (Å²) < 4.78 is 56.8. The molecule has 0 radical (unpaired) electrons. The molecule has 8 aromatic rings. The van der Waals surface area contributed by atoms with Gasteiger partial charge in [-0.05, 0) is 50.2 Å². The van der Waals surface area contributed by atoms with Crippen LogP contribution in [0.1, 0.15) is 34.6 Å². The molecule has 24 heteroatoms. The molecule has 0 saturated carbocycles. The number of aromatic nitrogens is 10. The minimum Gasteiger partial charge on any atom is -0.383 e. The van der Waals surface area contributed by atoms with Gasteiger partial charge < -0.3 is 38.7 Å². The Morgan fingerprint density at radius 1 is 0.712 bits per heavy atom. The van der Waals surface area contributed by atoms with Crippen molar-refractivity contribution in [3.63, 3.8) is 0 Å². The van der Waals surface area contributed by atoms with E-state index in [4.69, 9.17) is 47.1 Å². The highest BCUT2D eigenvalue weighted by Gasteiger charge is 2.25. The first kappa shape index (κ1) is 55.0. The summed E-state index contributed by atoms with van der Waals surface area (Å²) in [5.41, 5.74) is 4.64. The Balaban J connectivity index is 0.000000214. The molecule has 2 amide bonds. The fourth-order valence-corrected chi connectivity index (χ4v) is 9.79. The van der Waals surface area contributed by atoms with Crippen molar-refractivity contribution < 1.29 is 37.3 Å². The number of aromatic amines is 1. The first-order valence-electron chi connectivity index (χ1n) is 23.7. The summed E-state index contributed by atoms with van der Waals surface area (Å²) >= 11 is 12.0. The van der Waals surface area contributed by atoms with Gasteiger partial charge in [0.05, 0.1) is 58.5 Å². The van der Waals surface area contributed by atoms with Gasteiger partial charge in [0.25, 0.3) is 11.8 Å². The van der Waals surface area contributed by atoms with E-state index in [1.165, 1.54) is 24.5 Å². The lowest BCUT2D eigenvalue weighted by Gasteiger charge is -2.15. The first-order chi connectivity index (χ1) is 34.5. The van der Waals surface area contributed by atoms with E-state index >= 15 is 0 Å². The predicted molar refractivity (Wildman–Crippen MR) is 286 cm³/mol. The van der Waals surface area contributed by atoms with Gasteiger partial charge in [0.1, 0.15) is 58.9 Å². The zero-order chi connectivity index (χ0) is 52.9. The number of carbonyl (C=O) groups is 2. The molecule has 2 aromatic carbocycles. The van der Waals surface area contributed by atoms with Gasteiger partial charge in [0.15, 0.2) is 11.3 Å². The number of carbonyl (C=O) groups excluding carboxylic acids is 2. The zero-order valence-electron chi connectivity index (χ0n) is 42.9. The second kappa shape index (κ2) is 23.2. The lowest BCUT2D eigenvalue weighted by molar-refractivity contribution is 0.0874. The molecule has 0 spiro atoms. The molecule has 0 bridgehead atoms. The SMILES string of the molecule is COC[C@H](C)NC(=O)c1cn(COCC[Si](C)(C)C)c2ncc(-c3n[nH]c4cc(Cl)cc(F)c34)nc12.COC[C@H](C)NC(=O)c1cn(COCC[Si](C)(C)C)c2ncc(-c3nn(C)c4cc(Cl)cc(F)c34)nc12. The molecule has 390 valence electrons. The van der Waals surface area contributed by atoms with Crippen LogP contribution in [0.4, 0.5) is 8.78 Å². The third kappa shape index (κ3) is 13.3. The number of methoxy groups -OCH3 is 2. The molecule has 8 rings (SSSR count). The predicted octanol–water partition coefficient (Wildman–Crippen LogP) is 9.70. The Kier molecular flexibility index (Phi) is 17.5. The Bertz CT molecular complexity index is 3280. The second-order valence-corrected chi connectivity index (χ2v) is 32.5. The molecule has 0 aliphatic carbocycles. The summed E-state index contributed by atoms with van der Waals surface area (Å²) in [5.74, 6) is -1.66. The van der Waals surface area contributed by atoms with E-state index in [9.17, 15) is 18.4 Å². The molecule has 0 aliphatic heterocycles. The van der Waals surface area contributed by atoms with Crippen LogP contribution in [0, 0.1) is 11.6 Å². The Hall–Kier alpha value is -5.73. The average molecular weight is 1080 g/mol. The van der Waals surface area contributed by atoms with Crippen LogP contribution in [0.3, 0.4) is 0 Å². The van der Waals surface area contributed by atoms with Gasteiger partial charge in [-0.25, -0.2) is 28.7 Å². The van der Waals surface area contributed by atoms with Gasteiger partial charge in [0, 0.05) is 85.2 Å². The van der Waals surface area contributed by atoms with Gasteiger partial charge >= 0.3 is 0 Å². The van der Waals surface area contributed by atoms with Crippen molar-refractivity contribution in [2.24, 2.45) is 7.05 Å². The van der Waals surface area contributed by atoms with Crippen LogP contribution in [0.25, 0.3) is 66.9 Å². The number of hydrogen-bond acceptors (Lipinski definition) is 12. The van der Waals surface area contributed by atoms with Gasteiger partial charge in [-0.2, -0.15) is 10.2 Å². The number of H-pyrrole nitrogens is 1. The lowest BCUT2D eigenvalue weighted by Crippen LogP contribution is -2.35. The van der Waals surface area contributed by atoms with Crippen LogP contribution < -0.4 is 10.6 Å². The van der Waals surface area contributed by atoms with E-state index < -0.39 is 27.8 Å². The van der Waals surface area contributed by atoms with Crippen molar-refractivity contribution >= 4 is 95.3 Å². The highest BCUT2D eigenvalue weighted by molar-refractivity contribution is 6.76. The number of ether oxygens (including phenoxy) is 4. The molecule has 73 heavy (non-hydrogen) atoms. The van der Waals surface area contributed by atoms with Gasteiger partial charge in [-0.15, -0.1) is 0 Å². The maximum absolute atomic E-state index is 14.9. The minimum atomic E-state index is -1.25. The fourth-order valence-electron chi connectivity index (χ4n) is 7.87. The fraction of sp³-hybridized carbons (Fsp3) is 0.429. The molecule has 18 nitrogen and oxygen atoms in total. The number of aryl methyl sites for hydroxylation is 1. The summed E-state index contributed by atoms with van der Waals surface area (Å²) in [7, 11) is 2.37. The normalized spacial score (nSPS) is 13.0. The third-order valence-electron chi connectivity index (χ3n) is 11.6. The standard InChI is InChI=1S/C25H32ClFN6O3Si.C24H30ClFN6O3Si/c1-15(13-35-3)29-25(34)17-12-33(14-36-7-8-37(4,5)6)24-22(17)30-19(11-28-24)23-21-18(27)9-16(26)10-20(21)32(2)31-23;1-14(12-34-2)28-24(33)16-11-32(13-35-6-7-36(3,4)5)23-21(16)29-19(10-27-23)22-20-17(26)8-15(25)9-18(20)30-31-22/h9-12,15H,7-8,13-14H2,1-6H3,(H,29,34);8-11,14H,6-7,12-13H2,1-5H3,(H,28,33)(H,30,31)/t15-;14-/m00/s1. The molecule has 0 saturated heterocycles. The van der Waals surface area contributed by atoms with Gasteiger partial charge in [-0.1, -0.05) is 62.5 Å². The molecular weight excluding hydrogens is 1020 g/mol. The van der Waals surface area contributed by atoms with Crippen molar-refractivity contribution in [3.05, 3.63) is 81.9 Å². The number of halogens is 4. The highest BCUT2D eigenvalue weighted by Crippen LogP contribution is 2.34. The lowest BCUT2D eigenvalue weighted by atomic mass is 10.1. The third-order valence-corrected chi connectivity index (χ3v) is 15.4. The molecule has 6 aromatic heterocycles. The van der Waals surface area contributed by atoms with Crippen LogP contribution in [-0.2, 0) is 39.5 Å². The van der Waals surface area contributed by atoms with Crippen molar-refractivity contribution in [2.75, 3.05) is 40.6 Å². The van der Waals surface area contributed by atoms with Crippen molar-refractivity contribution in [2.45, 2.75) is 90.8 Å². The Labute approximate surface area is 433 Å². The van der Waals surface area contributed by atoms with Crippen LogP contribution >= 0.6 is 23.2 Å². The van der Waals surface area contributed by atoms with Crippen LogP contribution in [0.15, 0.2) is 49.1 Å². The highest BCUT2D eigenvalue weighted by atomic mass is 35.5. The van der Waals surface area contributed by atoms with E-state index in [0.29, 0.717) is 88.0 Å². The van der Waals surface area contributed by atoms with Crippen molar-refractivity contribution in [1.29, 1.82) is 0 Å². The van der Waals surface area contributed by atoms with Crippen LogP contribution in [0.2, 0.25) is 61.4 Å². The van der Waals surface area contributed by atoms with E-state index in [2.05, 4.69) is 80.2 Å². The Morgan fingerprint density at radius 2 is 1.18 bits per heavy atom. The van der Waals surface area contributed by atoms with E-state index in [1.807, 2.05) is 13.8 Å². The van der Waals surface area contributed by atoms with E-state index in [1.54, 1.807) is 59.6 Å². The number of benzene rings is 2. The van der Waals surface area contributed by atoms with Crippen molar-refractivity contribution in [3.8, 4) is 22.8 Å². The molecule has 0 unspecified atom stereocenters. The monoisotopic (exact) mass is 1080 g/mol. The van der Waals surface area contributed by atoms with Crippen LogP contribution in [-0.4, -0.2) is 130 Å². The number of nitrogens with one attached hydrogen (secondary N) is 3.